The highest BCUT2D eigenvalue weighted by Crippen LogP contribution is 2.33. The normalized spacial score (nSPS) is 13.1. The van der Waals surface area contributed by atoms with E-state index >= 15 is 0 Å². The van der Waals surface area contributed by atoms with Crippen LogP contribution in [-0.2, 0) is 0 Å². The maximum Gasteiger partial charge on any atom is 0.251 e. The van der Waals surface area contributed by atoms with Crippen LogP contribution in [0, 0.1) is 13.8 Å². The van der Waals surface area contributed by atoms with Crippen molar-refractivity contribution in [1.29, 1.82) is 0 Å². The first-order chi connectivity index (χ1) is 9.43. The lowest BCUT2D eigenvalue weighted by Gasteiger charge is -2.20. The van der Waals surface area contributed by atoms with Crippen molar-refractivity contribution in [2.75, 3.05) is 0 Å². The third-order valence-electron chi connectivity index (χ3n) is 3.61. The first-order valence-corrected chi connectivity index (χ1v) is 6.08. The molecule has 0 bridgehead atoms. The van der Waals surface area contributed by atoms with Crippen molar-refractivity contribution in [3.8, 4) is 5.75 Å². The van der Waals surface area contributed by atoms with Crippen molar-refractivity contribution in [3.63, 3.8) is 0 Å². The van der Waals surface area contributed by atoms with E-state index in [1.807, 2.05) is 0 Å². The number of aromatic hydroxyl groups is 1. The van der Waals surface area contributed by atoms with Gasteiger partial charge in [-0.05, 0) is 19.9 Å². The fourth-order valence-electron chi connectivity index (χ4n) is 2.61. The molecule has 0 amide bonds. The molecular weight excluding hydrogens is 258 g/mol. The molecule has 5 nitrogen and oxygen atoms in total. The summed E-state index contributed by atoms with van der Waals surface area (Å²) in [4.78, 5) is 39.4. The molecule has 1 aliphatic rings. The van der Waals surface area contributed by atoms with Crippen LogP contribution in [0.3, 0.4) is 0 Å². The maximum atomic E-state index is 12.5. The van der Waals surface area contributed by atoms with Gasteiger partial charge in [0.15, 0.2) is 11.6 Å². The number of ketones is 2. The van der Waals surface area contributed by atoms with E-state index in [2.05, 4.69) is 4.98 Å². The summed E-state index contributed by atoms with van der Waals surface area (Å²) >= 11 is 0. The average Bonchev–Trinajstić information content (AvgIpc) is 2.40. The molecule has 0 saturated carbocycles. The van der Waals surface area contributed by atoms with Crippen LogP contribution in [0.15, 0.2) is 23.0 Å². The average molecular weight is 269 g/mol. The minimum absolute atomic E-state index is 0.000418. The number of phenols is 1. The standard InChI is InChI=1S/C15H11NO4/c1-6-10-11(7(2)16-15(6)20)14(19)12-8(13(10)18)4-3-5-9(12)17/h3-5,17H,1-2H3,(H,16,20). The van der Waals surface area contributed by atoms with Crippen molar-refractivity contribution in [3.05, 3.63) is 62.1 Å². The third-order valence-corrected chi connectivity index (χ3v) is 3.61. The van der Waals surface area contributed by atoms with Crippen LogP contribution in [0.1, 0.15) is 43.1 Å². The lowest BCUT2D eigenvalue weighted by molar-refractivity contribution is 0.0975. The first kappa shape index (κ1) is 12.3. The summed E-state index contributed by atoms with van der Waals surface area (Å²) in [6, 6.07) is 4.34. The Kier molecular flexibility index (Phi) is 2.41. The second-order valence-corrected chi connectivity index (χ2v) is 4.81. The van der Waals surface area contributed by atoms with E-state index in [0.29, 0.717) is 5.69 Å². The van der Waals surface area contributed by atoms with E-state index in [1.165, 1.54) is 25.1 Å². The molecule has 0 unspecified atom stereocenters. The molecule has 5 heteroatoms. The molecule has 0 spiro atoms. The van der Waals surface area contributed by atoms with E-state index in [4.69, 9.17) is 0 Å². The predicted octanol–water partition coefficient (Wildman–Crippen LogP) is 1.47. The highest BCUT2D eigenvalue weighted by molar-refractivity contribution is 6.30. The van der Waals surface area contributed by atoms with Gasteiger partial charge in [-0.15, -0.1) is 0 Å². The highest BCUT2D eigenvalue weighted by atomic mass is 16.3. The molecule has 100 valence electrons. The van der Waals surface area contributed by atoms with Crippen LogP contribution in [-0.4, -0.2) is 21.7 Å². The summed E-state index contributed by atoms with van der Waals surface area (Å²) in [5.41, 5.74) is 0.609. The number of hydrogen-bond acceptors (Lipinski definition) is 4. The Morgan fingerprint density at radius 2 is 1.65 bits per heavy atom. The number of hydrogen-bond donors (Lipinski definition) is 2. The molecule has 3 rings (SSSR count). The lowest BCUT2D eigenvalue weighted by atomic mass is 9.81. The van der Waals surface area contributed by atoms with E-state index in [0.717, 1.165) is 0 Å². The van der Waals surface area contributed by atoms with Gasteiger partial charge in [0.25, 0.3) is 5.56 Å². The minimum Gasteiger partial charge on any atom is -0.507 e. The molecule has 1 aromatic heterocycles. The van der Waals surface area contributed by atoms with Gasteiger partial charge in [-0.2, -0.15) is 0 Å². The van der Waals surface area contributed by atoms with Gasteiger partial charge in [0.2, 0.25) is 0 Å². The smallest absolute Gasteiger partial charge is 0.251 e. The van der Waals surface area contributed by atoms with Crippen LogP contribution >= 0.6 is 0 Å². The Labute approximate surface area is 113 Å². The SMILES string of the molecule is Cc1[nH]c(=O)c(C)c2c1C(=O)c1c(O)cccc1C2=O. The topological polar surface area (TPSA) is 87.2 Å². The summed E-state index contributed by atoms with van der Waals surface area (Å²) in [7, 11) is 0. The molecule has 0 atom stereocenters. The number of aromatic nitrogens is 1. The second kappa shape index (κ2) is 3.90. The van der Waals surface area contributed by atoms with Crippen molar-refractivity contribution < 1.29 is 14.7 Å². The van der Waals surface area contributed by atoms with Crippen molar-refractivity contribution in [1.82, 2.24) is 4.98 Å². The van der Waals surface area contributed by atoms with Gasteiger partial charge < -0.3 is 10.1 Å². The van der Waals surface area contributed by atoms with Gasteiger partial charge >= 0.3 is 0 Å². The van der Waals surface area contributed by atoms with Gasteiger partial charge in [-0.1, -0.05) is 12.1 Å². The summed E-state index contributed by atoms with van der Waals surface area (Å²) in [6.07, 6.45) is 0. The number of phenolic OH excluding ortho intramolecular Hbond substituents is 1. The number of H-pyrrole nitrogens is 1. The van der Waals surface area contributed by atoms with Crippen LogP contribution in [0.5, 0.6) is 5.75 Å². The number of carbonyl (C=O) groups excluding carboxylic acids is 2. The summed E-state index contributed by atoms with van der Waals surface area (Å²) in [5.74, 6) is -1.07. The summed E-state index contributed by atoms with van der Waals surface area (Å²) < 4.78 is 0. The molecule has 0 fully saturated rings. The summed E-state index contributed by atoms with van der Waals surface area (Å²) in [6.45, 7) is 3.08. The molecule has 1 aromatic carbocycles. The number of nitrogens with one attached hydrogen (secondary N) is 1. The van der Waals surface area contributed by atoms with Crippen molar-refractivity contribution in [2.24, 2.45) is 0 Å². The Hall–Kier alpha value is -2.69. The van der Waals surface area contributed by atoms with Crippen LogP contribution in [0.4, 0.5) is 0 Å². The van der Waals surface area contributed by atoms with E-state index in [9.17, 15) is 19.5 Å². The number of aryl methyl sites for hydroxylation is 1. The Bertz CT molecular complexity index is 846. The number of carbonyl (C=O) groups is 2. The molecular formula is C15H11NO4. The van der Waals surface area contributed by atoms with E-state index in [1.54, 1.807) is 6.92 Å². The van der Waals surface area contributed by atoms with Crippen LogP contribution in [0.25, 0.3) is 0 Å². The fraction of sp³-hybridized carbons (Fsp3) is 0.133. The largest absolute Gasteiger partial charge is 0.507 e. The molecule has 2 N–H and O–H groups in total. The zero-order chi connectivity index (χ0) is 14.6. The second-order valence-electron chi connectivity index (χ2n) is 4.81. The molecule has 2 aromatic rings. The number of rotatable bonds is 0. The molecule has 0 saturated heterocycles. The fourth-order valence-corrected chi connectivity index (χ4v) is 2.61. The Morgan fingerprint density at radius 3 is 2.35 bits per heavy atom. The van der Waals surface area contributed by atoms with E-state index < -0.39 is 11.6 Å². The predicted molar refractivity (Wildman–Crippen MR) is 71.5 cm³/mol. The molecule has 20 heavy (non-hydrogen) atoms. The first-order valence-electron chi connectivity index (χ1n) is 6.08. The molecule has 1 heterocycles. The highest BCUT2D eigenvalue weighted by Gasteiger charge is 2.35. The van der Waals surface area contributed by atoms with Gasteiger partial charge in [-0.25, -0.2) is 0 Å². The number of fused-ring (bicyclic) bond motifs is 2. The van der Waals surface area contributed by atoms with E-state index in [-0.39, 0.29) is 39.1 Å². The number of aromatic amines is 1. The Balaban J connectivity index is 2.48. The third kappa shape index (κ3) is 1.40. The van der Waals surface area contributed by atoms with Gasteiger partial charge in [0, 0.05) is 22.4 Å². The van der Waals surface area contributed by atoms with Crippen molar-refractivity contribution in [2.45, 2.75) is 13.8 Å². The molecule has 1 aliphatic carbocycles. The van der Waals surface area contributed by atoms with Gasteiger partial charge in [-0.3, -0.25) is 14.4 Å². The number of benzene rings is 1. The molecule has 0 aliphatic heterocycles. The van der Waals surface area contributed by atoms with Crippen LogP contribution < -0.4 is 5.56 Å². The number of pyridine rings is 1. The van der Waals surface area contributed by atoms with Gasteiger partial charge in [0.1, 0.15) is 5.75 Å². The zero-order valence-electron chi connectivity index (χ0n) is 10.9. The quantitative estimate of drug-likeness (QED) is 0.647. The zero-order valence-corrected chi connectivity index (χ0v) is 10.9. The lowest BCUT2D eigenvalue weighted by Crippen LogP contribution is -2.28. The Morgan fingerprint density at radius 1 is 0.950 bits per heavy atom. The van der Waals surface area contributed by atoms with Crippen molar-refractivity contribution >= 4 is 11.6 Å². The maximum absolute atomic E-state index is 12.5. The minimum atomic E-state index is -0.440. The van der Waals surface area contributed by atoms with Crippen LogP contribution in [0.2, 0.25) is 0 Å². The monoisotopic (exact) mass is 269 g/mol. The van der Waals surface area contributed by atoms with Gasteiger partial charge in [0.05, 0.1) is 11.1 Å². The molecule has 0 radical (unpaired) electrons. The summed E-state index contributed by atoms with van der Waals surface area (Å²) in [5, 5.41) is 9.84.